The second-order valence-corrected chi connectivity index (χ2v) is 7.56. The van der Waals surface area contributed by atoms with Crippen molar-refractivity contribution in [2.75, 3.05) is 19.6 Å². The predicted octanol–water partition coefficient (Wildman–Crippen LogP) is 2.02. The smallest absolute Gasteiger partial charge is 0.218 e. The van der Waals surface area contributed by atoms with Gasteiger partial charge in [-0.2, -0.15) is 0 Å². The number of hydrogen-bond donors (Lipinski definition) is 2. The maximum atomic E-state index is 12.4. The minimum absolute atomic E-state index is 0. The zero-order valence-corrected chi connectivity index (χ0v) is 14.0. The normalized spacial score (nSPS) is 16.0. The molecule has 0 bridgehead atoms. The summed E-state index contributed by atoms with van der Waals surface area (Å²) in [6.07, 6.45) is 4.69. The molecule has 7 heteroatoms. The second-order valence-electron chi connectivity index (χ2n) is 5.59. The van der Waals surface area contributed by atoms with E-state index in [9.17, 15) is 8.42 Å². The maximum Gasteiger partial charge on any atom is 0.218 e. The lowest BCUT2D eigenvalue weighted by Crippen LogP contribution is -2.29. The van der Waals surface area contributed by atoms with Crippen molar-refractivity contribution in [1.82, 2.24) is 9.29 Å². The molecule has 0 radical (unpaired) electrons. The van der Waals surface area contributed by atoms with Crippen LogP contribution >= 0.6 is 12.4 Å². The fraction of sp³-hybridized carbons (Fsp3) is 0.467. The van der Waals surface area contributed by atoms with Crippen LogP contribution in [0.1, 0.15) is 24.0 Å². The molecule has 1 aliphatic heterocycles. The Hall–Kier alpha value is -1.08. The van der Waals surface area contributed by atoms with E-state index in [1.54, 1.807) is 4.31 Å². The van der Waals surface area contributed by atoms with Gasteiger partial charge in [-0.05, 0) is 49.1 Å². The molecule has 5 nitrogen and oxygen atoms in total. The van der Waals surface area contributed by atoms with Gasteiger partial charge in [0.2, 0.25) is 10.0 Å². The Morgan fingerprint density at radius 2 is 1.95 bits per heavy atom. The zero-order chi connectivity index (χ0) is 14.9. The van der Waals surface area contributed by atoms with Crippen molar-refractivity contribution in [3.8, 4) is 0 Å². The van der Waals surface area contributed by atoms with E-state index < -0.39 is 10.0 Å². The van der Waals surface area contributed by atoms with E-state index in [1.165, 1.54) is 0 Å². The van der Waals surface area contributed by atoms with Gasteiger partial charge in [-0.15, -0.1) is 12.4 Å². The van der Waals surface area contributed by atoms with Gasteiger partial charge in [0.15, 0.2) is 0 Å². The quantitative estimate of drug-likeness (QED) is 0.871. The summed E-state index contributed by atoms with van der Waals surface area (Å²) in [5.74, 6) is 0.0795. The highest BCUT2D eigenvalue weighted by Crippen LogP contribution is 2.23. The van der Waals surface area contributed by atoms with Gasteiger partial charge >= 0.3 is 0 Å². The first-order valence-corrected chi connectivity index (χ1v) is 8.98. The molecule has 0 aliphatic carbocycles. The molecule has 0 atom stereocenters. The number of fused-ring (bicyclic) bond motifs is 1. The van der Waals surface area contributed by atoms with Crippen molar-refractivity contribution < 1.29 is 8.42 Å². The fourth-order valence-electron chi connectivity index (χ4n) is 2.95. The lowest BCUT2D eigenvalue weighted by molar-refractivity contribution is 0.476. The molecule has 1 aromatic heterocycles. The van der Waals surface area contributed by atoms with Crippen LogP contribution in [-0.4, -0.2) is 37.3 Å². The highest BCUT2D eigenvalue weighted by Gasteiger charge is 2.25. The summed E-state index contributed by atoms with van der Waals surface area (Å²) in [5.41, 5.74) is 8.63. The largest absolute Gasteiger partial charge is 0.361 e. The average Bonchev–Trinajstić information content (AvgIpc) is 3.09. The molecule has 22 heavy (non-hydrogen) atoms. The number of rotatable bonds is 5. The lowest BCUT2D eigenvalue weighted by atomic mass is 10.1. The minimum atomic E-state index is -3.19. The number of nitrogens with one attached hydrogen (secondary N) is 1. The molecule has 0 saturated carbocycles. The summed E-state index contributed by atoms with van der Waals surface area (Å²) < 4.78 is 26.4. The molecule has 1 fully saturated rings. The van der Waals surface area contributed by atoms with Gasteiger partial charge in [0.05, 0.1) is 5.75 Å². The van der Waals surface area contributed by atoms with Crippen LogP contribution in [0.3, 0.4) is 0 Å². The van der Waals surface area contributed by atoms with Crippen LogP contribution in [0.15, 0.2) is 24.4 Å². The van der Waals surface area contributed by atoms with Crippen LogP contribution < -0.4 is 5.73 Å². The first-order chi connectivity index (χ1) is 10.1. The SMILES string of the molecule is Cl.NCCc1c[nH]c2ccc(CS(=O)(=O)N3CCCC3)cc12. The number of aromatic amines is 1. The molecular formula is C15H22ClN3O2S. The third-order valence-corrected chi connectivity index (χ3v) is 5.90. The maximum absolute atomic E-state index is 12.4. The monoisotopic (exact) mass is 343 g/mol. The number of halogens is 1. The van der Waals surface area contributed by atoms with Crippen molar-refractivity contribution in [2.45, 2.75) is 25.0 Å². The van der Waals surface area contributed by atoms with E-state index in [-0.39, 0.29) is 18.2 Å². The number of H-pyrrole nitrogens is 1. The van der Waals surface area contributed by atoms with Crippen LogP contribution in [-0.2, 0) is 22.2 Å². The molecule has 2 heterocycles. The summed E-state index contributed by atoms with van der Waals surface area (Å²) in [5, 5.41) is 1.08. The van der Waals surface area contributed by atoms with Crippen molar-refractivity contribution in [3.63, 3.8) is 0 Å². The Balaban J connectivity index is 0.00000176. The second kappa shape index (κ2) is 7.00. The third kappa shape index (κ3) is 3.46. The van der Waals surface area contributed by atoms with E-state index in [0.717, 1.165) is 41.3 Å². The Labute approximate surface area is 137 Å². The summed E-state index contributed by atoms with van der Waals surface area (Å²) in [6, 6.07) is 5.81. The summed E-state index contributed by atoms with van der Waals surface area (Å²) in [4.78, 5) is 3.20. The van der Waals surface area contributed by atoms with Crippen LogP contribution in [0.25, 0.3) is 10.9 Å². The number of hydrogen-bond acceptors (Lipinski definition) is 3. The van der Waals surface area contributed by atoms with Gasteiger partial charge in [-0.25, -0.2) is 12.7 Å². The average molecular weight is 344 g/mol. The Morgan fingerprint density at radius 1 is 1.23 bits per heavy atom. The third-order valence-electron chi connectivity index (χ3n) is 4.05. The molecule has 0 spiro atoms. The molecule has 0 amide bonds. The van der Waals surface area contributed by atoms with Gasteiger partial charge < -0.3 is 10.7 Å². The topological polar surface area (TPSA) is 79.2 Å². The highest BCUT2D eigenvalue weighted by molar-refractivity contribution is 7.88. The van der Waals surface area contributed by atoms with Crippen LogP contribution in [0.5, 0.6) is 0 Å². The first-order valence-electron chi connectivity index (χ1n) is 7.37. The summed E-state index contributed by atoms with van der Waals surface area (Å²) in [7, 11) is -3.19. The Kier molecular flexibility index (Phi) is 5.50. The van der Waals surface area contributed by atoms with Crippen molar-refractivity contribution in [2.24, 2.45) is 5.73 Å². The molecular weight excluding hydrogens is 322 g/mol. The van der Waals surface area contributed by atoms with Crippen LogP contribution in [0.2, 0.25) is 0 Å². The molecule has 1 saturated heterocycles. The lowest BCUT2D eigenvalue weighted by Gasteiger charge is -2.15. The highest BCUT2D eigenvalue weighted by atomic mass is 35.5. The number of sulfonamides is 1. The van der Waals surface area contributed by atoms with Gasteiger partial charge in [0.25, 0.3) is 0 Å². The van der Waals surface area contributed by atoms with Crippen LogP contribution in [0.4, 0.5) is 0 Å². The van der Waals surface area contributed by atoms with Crippen molar-refractivity contribution >= 4 is 33.3 Å². The van der Waals surface area contributed by atoms with E-state index in [4.69, 9.17) is 5.73 Å². The Morgan fingerprint density at radius 3 is 2.64 bits per heavy atom. The molecule has 3 N–H and O–H groups in total. The van der Waals surface area contributed by atoms with E-state index in [1.807, 2.05) is 24.4 Å². The van der Waals surface area contributed by atoms with Gasteiger partial charge in [-0.3, -0.25) is 0 Å². The molecule has 1 aromatic carbocycles. The molecule has 3 rings (SSSR count). The summed E-state index contributed by atoms with van der Waals surface area (Å²) in [6.45, 7) is 1.91. The number of nitrogens with two attached hydrogens (primary N) is 1. The standard InChI is InChI=1S/C15H21N3O2S.ClH/c16-6-5-13-10-17-15-4-3-12(9-14(13)15)11-21(19,20)18-7-1-2-8-18;/h3-4,9-10,17H,1-2,5-8,11,16H2;1H. The van der Waals surface area contributed by atoms with Crippen molar-refractivity contribution in [1.29, 1.82) is 0 Å². The molecule has 122 valence electrons. The Bertz CT molecular complexity index is 736. The summed E-state index contributed by atoms with van der Waals surface area (Å²) >= 11 is 0. The number of benzene rings is 1. The molecule has 2 aromatic rings. The fourth-order valence-corrected chi connectivity index (χ4v) is 4.54. The first kappa shape index (κ1) is 17.3. The molecule has 1 aliphatic rings. The number of aromatic nitrogens is 1. The van der Waals surface area contributed by atoms with Crippen molar-refractivity contribution in [3.05, 3.63) is 35.5 Å². The molecule has 0 unspecified atom stereocenters. The minimum Gasteiger partial charge on any atom is -0.361 e. The van der Waals surface area contributed by atoms with Gasteiger partial charge in [0.1, 0.15) is 0 Å². The van der Waals surface area contributed by atoms with E-state index in [0.29, 0.717) is 19.6 Å². The van der Waals surface area contributed by atoms with Gasteiger partial charge in [-0.1, -0.05) is 6.07 Å². The number of nitrogens with zero attached hydrogens (tertiary/aromatic N) is 1. The van der Waals surface area contributed by atoms with E-state index >= 15 is 0 Å². The van der Waals surface area contributed by atoms with Crippen LogP contribution in [0, 0.1) is 0 Å². The zero-order valence-electron chi connectivity index (χ0n) is 12.4. The van der Waals surface area contributed by atoms with E-state index in [2.05, 4.69) is 4.98 Å². The van der Waals surface area contributed by atoms with Gasteiger partial charge in [0, 0.05) is 30.2 Å². The predicted molar refractivity (Wildman–Crippen MR) is 91.7 cm³/mol.